The van der Waals surface area contributed by atoms with Crippen LogP contribution in [-0.4, -0.2) is 48.1 Å². The van der Waals surface area contributed by atoms with Crippen molar-refractivity contribution in [2.24, 2.45) is 4.99 Å². The number of ether oxygens (including phenoxy) is 1. The van der Waals surface area contributed by atoms with Crippen LogP contribution in [0.3, 0.4) is 0 Å². The Bertz CT molecular complexity index is 639. The van der Waals surface area contributed by atoms with E-state index in [2.05, 4.69) is 32.2 Å². The Hall–Kier alpha value is -2.05. The fraction of sp³-hybridized carbons (Fsp3) is 0.654. The number of aryl methyl sites for hydroxylation is 1. The summed E-state index contributed by atoms with van der Waals surface area (Å²) in [7, 11) is 0. The van der Waals surface area contributed by atoms with Gasteiger partial charge in [0, 0.05) is 24.5 Å². The molecule has 0 saturated carbocycles. The Morgan fingerprint density at radius 1 is 0.969 bits per heavy atom. The van der Waals surface area contributed by atoms with E-state index in [0.29, 0.717) is 11.8 Å². The number of nitrogens with zero attached hydrogens (tertiary/aromatic N) is 3. The minimum Gasteiger partial charge on any atom is -0.474 e. The van der Waals surface area contributed by atoms with Crippen molar-refractivity contribution in [3.8, 4) is 0 Å². The van der Waals surface area contributed by atoms with E-state index in [1.165, 1.54) is 12.8 Å². The van der Waals surface area contributed by atoms with Crippen LogP contribution in [-0.2, 0) is 4.74 Å². The normalized spacial score (nSPS) is 16.7. The van der Waals surface area contributed by atoms with Crippen molar-refractivity contribution in [1.82, 2.24) is 20.6 Å². The van der Waals surface area contributed by atoms with Gasteiger partial charge in [0.2, 0.25) is 5.90 Å². The summed E-state index contributed by atoms with van der Waals surface area (Å²) in [5.41, 5.74) is 3.31. The van der Waals surface area contributed by atoms with Crippen LogP contribution in [0.1, 0.15) is 84.5 Å². The SMILES string of the molecule is C=CC(=NC=C(C)C)OC1CCNCC1.CC.CC.Cc1cnc(C2CCNCC2)cn1. The molecule has 6 heteroatoms. The van der Waals surface area contributed by atoms with Crippen molar-refractivity contribution in [3.05, 3.63) is 48.2 Å². The summed E-state index contributed by atoms with van der Waals surface area (Å²) in [6, 6.07) is 0. The van der Waals surface area contributed by atoms with Crippen LogP contribution in [0, 0.1) is 6.92 Å². The third kappa shape index (κ3) is 13.4. The summed E-state index contributed by atoms with van der Waals surface area (Å²) in [6.45, 7) is 22.0. The quantitative estimate of drug-likeness (QED) is 0.468. The van der Waals surface area contributed by atoms with Gasteiger partial charge in [-0.05, 0) is 78.7 Å². The lowest BCUT2D eigenvalue weighted by atomic mass is 9.95. The zero-order chi connectivity index (χ0) is 24.2. The van der Waals surface area contributed by atoms with Gasteiger partial charge in [-0.2, -0.15) is 0 Å². The number of piperidine rings is 2. The Morgan fingerprint density at radius 2 is 1.53 bits per heavy atom. The number of hydrogen-bond acceptors (Lipinski definition) is 6. The number of hydrogen-bond donors (Lipinski definition) is 2. The van der Waals surface area contributed by atoms with Crippen molar-refractivity contribution in [3.63, 3.8) is 0 Å². The number of aliphatic imine (C=N–C) groups is 1. The first-order chi connectivity index (χ1) is 15.6. The van der Waals surface area contributed by atoms with E-state index in [1.54, 1.807) is 12.3 Å². The van der Waals surface area contributed by atoms with E-state index < -0.39 is 0 Å². The third-order valence-corrected chi connectivity index (χ3v) is 4.76. The van der Waals surface area contributed by atoms with Gasteiger partial charge in [-0.15, -0.1) is 0 Å². The predicted octanol–water partition coefficient (Wildman–Crippen LogP) is 5.57. The fourth-order valence-electron chi connectivity index (χ4n) is 3.14. The molecule has 2 aliphatic heterocycles. The molecule has 0 aliphatic carbocycles. The average Bonchev–Trinajstić information content (AvgIpc) is 2.86. The molecule has 0 amide bonds. The highest BCUT2D eigenvalue weighted by atomic mass is 16.5. The lowest BCUT2D eigenvalue weighted by molar-refractivity contribution is 0.152. The second-order valence-corrected chi connectivity index (χ2v) is 7.55. The van der Waals surface area contributed by atoms with Crippen molar-refractivity contribution >= 4 is 5.90 Å². The molecule has 182 valence electrons. The largest absolute Gasteiger partial charge is 0.474 e. The van der Waals surface area contributed by atoms with Crippen LogP contribution >= 0.6 is 0 Å². The van der Waals surface area contributed by atoms with Crippen molar-refractivity contribution < 1.29 is 4.74 Å². The number of rotatable bonds is 4. The fourth-order valence-corrected chi connectivity index (χ4v) is 3.14. The molecule has 1 aromatic heterocycles. The third-order valence-electron chi connectivity index (χ3n) is 4.76. The molecule has 2 N–H and O–H groups in total. The van der Waals surface area contributed by atoms with Crippen LogP contribution in [0.2, 0.25) is 0 Å². The highest BCUT2D eigenvalue weighted by Crippen LogP contribution is 2.22. The van der Waals surface area contributed by atoms with Crippen molar-refractivity contribution in [1.29, 1.82) is 0 Å². The van der Waals surface area contributed by atoms with Gasteiger partial charge < -0.3 is 15.4 Å². The number of nitrogens with one attached hydrogen (secondary N) is 2. The summed E-state index contributed by atoms with van der Waals surface area (Å²) >= 11 is 0. The van der Waals surface area contributed by atoms with Crippen LogP contribution < -0.4 is 10.6 Å². The maximum atomic E-state index is 5.74. The maximum Gasteiger partial charge on any atom is 0.212 e. The highest BCUT2D eigenvalue weighted by molar-refractivity contribution is 5.87. The molecule has 1 aromatic rings. The molecule has 0 bridgehead atoms. The summed E-state index contributed by atoms with van der Waals surface area (Å²) in [4.78, 5) is 12.9. The second kappa shape index (κ2) is 19.6. The van der Waals surface area contributed by atoms with Gasteiger partial charge in [0.25, 0.3) is 0 Å². The number of allylic oxidation sites excluding steroid dienone is 1. The molecule has 0 atom stereocenters. The van der Waals surface area contributed by atoms with E-state index in [9.17, 15) is 0 Å². The summed E-state index contributed by atoms with van der Waals surface area (Å²) in [5, 5.41) is 6.65. The van der Waals surface area contributed by atoms with Gasteiger partial charge in [-0.1, -0.05) is 39.8 Å². The molecular weight excluding hydrogens is 398 g/mol. The van der Waals surface area contributed by atoms with Crippen LogP contribution in [0.4, 0.5) is 0 Å². The van der Waals surface area contributed by atoms with E-state index in [0.717, 1.165) is 56.0 Å². The molecule has 6 nitrogen and oxygen atoms in total. The Balaban J connectivity index is 0.000000523. The maximum absolute atomic E-state index is 5.74. The molecule has 2 aliphatic rings. The molecule has 0 unspecified atom stereocenters. The molecule has 0 spiro atoms. The average molecular weight is 446 g/mol. The van der Waals surface area contributed by atoms with Gasteiger partial charge in [0.05, 0.1) is 11.4 Å². The zero-order valence-electron chi connectivity index (χ0n) is 21.6. The standard InChI is InChI=1S/C12H20N2O.C10H15N3.2C2H6/c1-4-12(14-9-10(2)3)15-11-5-7-13-8-6-11;1-8-6-13-10(7-12-8)9-2-4-11-5-3-9;2*1-2/h4,9,11,13H,1,5-8H2,2-3H3;6-7,9,11H,2-5H2,1H3;2*1-2H3. The molecule has 2 saturated heterocycles. The van der Waals surface area contributed by atoms with Crippen LogP contribution in [0.25, 0.3) is 0 Å². The Morgan fingerprint density at radius 3 is 2.00 bits per heavy atom. The Labute approximate surface area is 197 Å². The molecule has 3 heterocycles. The molecule has 0 aromatic carbocycles. The highest BCUT2D eigenvalue weighted by Gasteiger charge is 2.16. The minimum absolute atomic E-state index is 0.286. The molecule has 0 radical (unpaired) electrons. The smallest absolute Gasteiger partial charge is 0.212 e. The van der Waals surface area contributed by atoms with E-state index in [-0.39, 0.29) is 6.10 Å². The zero-order valence-corrected chi connectivity index (χ0v) is 21.6. The molecule has 2 fully saturated rings. The summed E-state index contributed by atoms with van der Waals surface area (Å²) < 4.78 is 5.74. The second-order valence-electron chi connectivity index (χ2n) is 7.55. The van der Waals surface area contributed by atoms with Gasteiger partial charge in [0.15, 0.2) is 0 Å². The Kier molecular flexibility index (Phi) is 18.4. The van der Waals surface area contributed by atoms with E-state index in [1.807, 2.05) is 60.9 Å². The van der Waals surface area contributed by atoms with Gasteiger partial charge >= 0.3 is 0 Å². The summed E-state index contributed by atoms with van der Waals surface area (Å²) in [6.07, 6.45) is 12.0. The van der Waals surface area contributed by atoms with Crippen molar-refractivity contribution in [2.45, 2.75) is 86.2 Å². The predicted molar refractivity (Wildman–Crippen MR) is 138 cm³/mol. The first kappa shape index (κ1) is 29.9. The van der Waals surface area contributed by atoms with Crippen molar-refractivity contribution in [2.75, 3.05) is 26.2 Å². The van der Waals surface area contributed by atoms with Crippen LogP contribution in [0.15, 0.2) is 41.8 Å². The van der Waals surface area contributed by atoms with E-state index >= 15 is 0 Å². The monoisotopic (exact) mass is 445 g/mol. The van der Waals surface area contributed by atoms with Gasteiger partial charge in [-0.25, -0.2) is 4.99 Å². The first-order valence-electron chi connectivity index (χ1n) is 12.3. The van der Waals surface area contributed by atoms with Crippen LogP contribution in [0.5, 0.6) is 0 Å². The molecule has 3 rings (SSSR count). The van der Waals surface area contributed by atoms with Gasteiger partial charge in [-0.3, -0.25) is 9.97 Å². The lowest BCUT2D eigenvalue weighted by Gasteiger charge is -2.23. The molecular formula is C26H47N5O. The topological polar surface area (TPSA) is 71.4 Å². The molecule has 32 heavy (non-hydrogen) atoms. The van der Waals surface area contributed by atoms with E-state index in [4.69, 9.17) is 4.74 Å². The minimum atomic E-state index is 0.286. The number of aromatic nitrogens is 2. The first-order valence-corrected chi connectivity index (χ1v) is 12.3. The summed E-state index contributed by atoms with van der Waals surface area (Å²) in [5.74, 6) is 1.25. The van der Waals surface area contributed by atoms with Gasteiger partial charge in [0.1, 0.15) is 6.10 Å². The lowest BCUT2D eigenvalue weighted by Crippen LogP contribution is -2.33.